The van der Waals surface area contributed by atoms with E-state index >= 15 is 0 Å². The molecule has 0 fully saturated rings. The van der Waals surface area contributed by atoms with Crippen molar-refractivity contribution in [1.29, 1.82) is 0 Å². The molecule has 0 unspecified atom stereocenters. The van der Waals surface area contributed by atoms with Crippen LogP contribution < -0.4 is 10.1 Å². The highest BCUT2D eigenvalue weighted by molar-refractivity contribution is 7.99. The molecule has 0 atom stereocenters. The van der Waals surface area contributed by atoms with Gasteiger partial charge in [0.25, 0.3) is 0 Å². The monoisotopic (exact) mass is 366 g/mol. The summed E-state index contributed by atoms with van der Waals surface area (Å²) >= 11 is 1.61. The first-order valence-electron chi connectivity index (χ1n) is 8.50. The average Bonchev–Trinajstić information content (AvgIpc) is 2.63. The third-order valence-electron chi connectivity index (χ3n) is 4.18. The number of nitrogens with zero attached hydrogens (tertiary/aromatic N) is 1. The van der Waals surface area contributed by atoms with E-state index < -0.39 is 0 Å². The number of para-hydroxylation sites is 1. The van der Waals surface area contributed by atoms with Gasteiger partial charge in [-0.25, -0.2) is 4.98 Å². The summed E-state index contributed by atoms with van der Waals surface area (Å²) in [6.45, 7) is 4.18. The third kappa shape index (κ3) is 4.35. The molecule has 0 spiro atoms. The number of aryl methyl sites for hydroxylation is 2. The van der Waals surface area contributed by atoms with E-state index in [2.05, 4.69) is 43.4 Å². The highest BCUT2D eigenvalue weighted by Gasteiger charge is 2.07. The van der Waals surface area contributed by atoms with Crippen molar-refractivity contribution in [3.63, 3.8) is 0 Å². The van der Waals surface area contributed by atoms with Gasteiger partial charge < -0.3 is 10.1 Å². The molecule has 2 aromatic carbocycles. The minimum Gasteiger partial charge on any atom is -0.497 e. The lowest BCUT2D eigenvalue weighted by Crippen LogP contribution is -2.12. The summed E-state index contributed by atoms with van der Waals surface area (Å²) < 4.78 is 5.11. The number of hydrogen-bond donors (Lipinski definition) is 1. The molecule has 1 heterocycles. The Balaban J connectivity index is 1.58. The summed E-state index contributed by atoms with van der Waals surface area (Å²) in [7, 11) is 1.62. The lowest BCUT2D eigenvalue weighted by atomic mass is 10.1. The van der Waals surface area contributed by atoms with Gasteiger partial charge in [-0.3, -0.25) is 4.79 Å². The van der Waals surface area contributed by atoms with Gasteiger partial charge in [0.05, 0.1) is 17.7 Å². The van der Waals surface area contributed by atoms with Crippen LogP contribution in [0.25, 0.3) is 10.9 Å². The zero-order chi connectivity index (χ0) is 18.5. The van der Waals surface area contributed by atoms with Crippen molar-refractivity contribution in [3.8, 4) is 5.75 Å². The molecule has 3 aromatic rings. The Labute approximate surface area is 158 Å². The van der Waals surface area contributed by atoms with Crippen LogP contribution in [0.4, 0.5) is 5.69 Å². The molecule has 4 nitrogen and oxygen atoms in total. The Bertz CT molecular complexity index is 923. The number of pyridine rings is 1. The van der Waals surface area contributed by atoms with E-state index in [1.807, 2.05) is 24.3 Å². The zero-order valence-corrected chi connectivity index (χ0v) is 16.0. The summed E-state index contributed by atoms with van der Waals surface area (Å²) in [6.07, 6.45) is 0.434. The average molecular weight is 366 g/mol. The maximum absolute atomic E-state index is 12.1. The number of nitrogens with one attached hydrogen (secondary N) is 1. The summed E-state index contributed by atoms with van der Waals surface area (Å²) in [4.78, 5) is 16.9. The lowest BCUT2D eigenvalue weighted by molar-refractivity contribution is -0.115. The molecule has 0 aliphatic heterocycles. The van der Waals surface area contributed by atoms with Gasteiger partial charge in [0.2, 0.25) is 5.91 Å². The number of methoxy groups -OCH3 is 1. The molecular weight excluding hydrogens is 344 g/mol. The Hall–Kier alpha value is -2.53. The van der Waals surface area contributed by atoms with Crippen LogP contribution in [0.15, 0.2) is 53.6 Å². The van der Waals surface area contributed by atoms with Gasteiger partial charge in [0, 0.05) is 23.2 Å². The number of carbonyl (C=O) groups excluding carboxylic acids is 1. The summed E-state index contributed by atoms with van der Waals surface area (Å²) in [6, 6.07) is 15.6. The Morgan fingerprint density at radius 2 is 1.88 bits per heavy atom. The quantitative estimate of drug-likeness (QED) is 0.625. The first-order chi connectivity index (χ1) is 12.6. The van der Waals surface area contributed by atoms with E-state index in [1.165, 1.54) is 16.5 Å². The largest absolute Gasteiger partial charge is 0.497 e. The molecule has 0 bridgehead atoms. The van der Waals surface area contributed by atoms with E-state index in [4.69, 9.17) is 9.72 Å². The second-order valence-corrected chi connectivity index (χ2v) is 7.24. The van der Waals surface area contributed by atoms with E-state index in [0.717, 1.165) is 22.0 Å². The number of benzene rings is 2. The van der Waals surface area contributed by atoms with Crippen molar-refractivity contribution < 1.29 is 9.53 Å². The van der Waals surface area contributed by atoms with Gasteiger partial charge in [-0.05, 0) is 55.3 Å². The maximum Gasteiger partial charge on any atom is 0.225 e. The minimum absolute atomic E-state index is 0.00337. The molecule has 1 aromatic heterocycles. The fourth-order valence-electron chi connectivity index (χ4n) is 2.75. The van der Waals surface area contributed by atoms with Gasteiger partial charge in [0.1, 0.15) is 5.75 Å². The number of fused-ring (bicyclic) bond motifs is 1. The van der Waals surface area contributed by atoms with Crippen molar-refractivity contribution in [2.24, 2.45) is 0 Å². The van der Waals surface area contributed by atoms with Crippen molar-refractivity contribution in [2.45, 2.75) is 25.3 Å². The van der Waals surface area contributed by atoms with Crippen LogP contribution in [0.5, 0.6) is 5.75 Å². The van der Waals surface area contributed by atoms with E-state index in [9.17, 15) is 4.79 Å². The molecule has 0 saturated heterocycles. The molecule has 1 N–H and O–H groups in total. The van der Waals surface area contributed by atoms with Gasteiger partial charge in [-0.15, -0.1) is 11.8 Å². The van der Waals surface area contributed by atoms with Crippen LogP contribution in [0, 0.1) is 13.8 Å². The van der Waals surface area contributed by atoms with E-state index in [0.29, 0.717) is 12.2 Å². The van der Waals surface area contributed by atoms with Gasteiger partial charge in [-0.1, -0.05) is 18.2 Å². The van der Waals surface area contributed by atoms with Crippen LogP contribution in [0.2, 0.25) is 0 Å². The van der Waals surface area contributed by atoms with E-state index in [-0.39, 0.29) is 5.91 Å². The number of carbonyl (C=O) groups is 1. The number of rotatable bonds is 6. The van der Waals surface area contributed by atoms with Crippen LogP contribution in [-0.2, 0) is 4.79 Å². The SMILES string of the molecule is COc1ccc(NC(=O)CCSc2cc(C)c3cccc(C)c3n2)cc1. The lowest BCUT2D eigenvalue weighted by Gasteiger charge is -2.09. The van der Waals surface area contributed by atoms with Gasteiger partial charge in [0.15, 0.2) is 0 Å². The number of hydrogen-bond acceptors (Lipinski definition) is 4. The fraction of sp³-hybridized carbons (Fsp3) is 0.238. The van der Waals surface area contributed by atoms with Gasteiger partial charge >= 0.3 is 0 Å². The van der Waals surface area contributed by atoms with Crippen molar-refractivity contribution >= 4 is 34.3 Å². The number of thioether (sulfide) groups is 1. The predicted molar refractivity (Wildman–Crippen MR) is 108 cm³/mol. The third-order valence-corrected chi connectivity index (χ3v) is 5.09. The second-order valence-electron chi connectivity index (χ2n) is 6.12. The Morgan fingerprint density at radius 1 is 1.12 bits per heavy atom. The Morgan fingerprint density at radius 3 is 2.62 bits per heavy atom. The first kappa shape index (κ1) is 18.3. The van der Waals surface area contributed by atoms with Crippen molar-refractivity contribution in [3.05, 3.63) is 59.7 Å². The number of aromatic nitrogens is 1. The summed E-state index contributed by atoms with van der Waals surface area (Å²) in [5.74, 6) is 1.45. The van der Waals surface area contributed by atoms with Crippen molar-refractivity contribution in [1.82, 2.24) is 4.98 Å². The Kier molecular flexibility index (Phi) is 5.78. The molecule has 5 heteroatoms. The topological polar surface area (TPSA) is 51.2 Å². The minimum atomic E-state index is -0.00337. The molecule has 26 heavy (non-hydrogen) atoms. The molecule has 0 aliphatic carbocycles. The van der Waals surface area contributed by atoms with Crippen LogP contribution >= 0.6 is 11.8 Å². The highest BCUT2D eigenvalue weighted by atomic mass is 32.2. The molecule has 0 saturated carbocycles. The second kappa shape index (κ2) is 8.23. The molecular formula is C21H22N2O2S. The number of amides is 1. The summed E-state index contributed by atoms with van der Waals surface area (Å²) in [5.41, 5.74) is 4.20. The number of anilines is 1. The molecule has 3 rings (SSSR count). The maximum atomic E-state index is 12.1. The van der Waals surface area contributed by atoms with Crippen molar-refractivity contribution in [2.75, 3.05) is 18.2 Å². The number of ether oxygens (including phenoxy) is 1. The van der Waals surface area contributed by atoms with E-state index in [1.54, 1.807) is 18.9 Å². The highest BCUT2D eigenvalue weighted by Crippen LogP contribution is 2.26. The zero-order valence-electron chi connectivity index (χ0n) is 15.2. The summed E-state index contributed by atoms with van der Waals surface area (Å²) in [5, 5.41) is 5.05. The molecule has 0 radical (unpaired) electrons. The normalized spacial score (nSPS) is 10.7. The predicted octanol–water partition coefficient (Wildman–Crippen LogP) is 4.98. The first-order valence-corrected chi connectivity index (χ1v) is 9.49. The van der Waals surface area contributed by atoms with Gasteiger partial charge in [-0.2, -0.15) is 0 Å². The van der Waals surface area contributed by atoms with Crippen LogP contribution in [0.3, 0.4) is 0 Å². The molecule has 134 valence electrons. The smallest absolute Gasteiger partial charge is 0.225 e. The standard InChI is InChI=1S/C21H22N2O2S/c1-14-5-4-6-18-15(2)13-20(23-21(14)18)26-12-11-19(24)22-16-7-9-17(25-3)10-8-16/h4-10,13H,11-12H2,1-3H3,(H,22,24). The van der Waals surface area contributed by atoms with Crippen LogP contribution in [0.1, 0.15) is 17.5 Å². The fourth-order valence-corrected chi connectivity index (χ4v) is 3.66. The van der Waals surface area contributed by atoms with Crippen LogP contribution in [-0.4, -0.2) is 23.8 Å². The molecule has 1 amide bonds. The molecule has 0 aliphatic rings.